The van der Waals surface area contributed by atoms with E-state index >= 15 is 0 Å². The predicted octanol–water partition coefficient (Wildman–Crippen LogP) is 3.09. The average molecular weight is 416 g/mol. The second-order valence-corrected chi connectivity index (χ2v) is 6.50. The van der Waals surface area contributed by atoms with E-state index < -0.39 is 11.5 Å². The molecule has 0 atom stereocenters. The number of carboxylic acids is 1. The quantitative estimate of drug-likeness (QED) is 0.580. The molecule has 0 bridgehead atoms. The zero-order chi connectivity index (χ0) is 20.8. The van der Waals surface area contributed by atoms with Gasteiger partial charge in [-0.05, 0) is 24.3 Å². The van der Waals surface area contributed by atoms with E-state index in [1.54, 1.807) is 24.3 Å². The number of halogens is 1. The molecule has 2 N–H and O–H groups in total. The Morgan fingerprint density at radius 1 is 1.17 bits per heavy atom. The van der Waals surface area contributed by atoms with E-state index in [1.807, 2.05) is 18.2 Å². The van der Waals surface area contributed by atoms with Crippen LogP contribution < -0.4 is 15.0 Å². The Morgan fingerprint density at radius 2 is 1.97 bits per heavy atom. The number of nitrogens with one attached hydrogen (secondary N) is 1. The number of hydrogen-bond donors (Lipinski definition) is 2. The first-order valence-corrected chi connectivity index (χ1v) is 9.08. The van der Waals surface area contributed by atoms with Crippen molar-refractivity contribution in [2.24, 2.45) is 0 Å². The Bertz CT molecular complexity index is 1080. The first-order valence-electron chi connectivity index (χ1n) is 8.70. The molecule has 1 aromatic heterocycles. The van der Waals surface area contributed by atoms with Crippen LogP contribution in [-0.2, 0) is 17.8 Å². The van der Waals surface area contributed by atoms with Crippen molar-refractivity contribution in [3.8, 4) is 22.9 Å². The van der Waals surface area contributed by atoms with Gasteiger partial charge in [0.2, 0.25) is 0 Å². The molecule has 0 aliphatic heterocycles. The predicted molar refractivity (Wildman–Crippen MR) is 106 cm³/mol. The lowest BCUT2D eigenvalue weighted by Gasteiger charge is -2.12. The molecule has 0 saturated carbocycles. The summed E-state index contributed by atoms with van der Waals surface area (Å²) < 4.78 is 11.2. The number of aryl methyl sites for hydroxylation is 1. The minimum Gasteiger partial charge on any atom is -0.493 e. The number of nitrogens with zero attached hydrogens (tertiary/aromatic N) is 2. The van der Waals surface area contributed by atoms with Gasteiger partial charge >= 0.3 is 5.97 Å². The number of rotatable bonds is 8. The molecule has 0 radical (unpaired) electrons. The number of H-pyrrole nitrogens is 1. The van der Waals surface area contributed by atoms with Crippen LogP contribution >= 0.6 is 11.6 Å². The van der Waals surface area contributed by atoms with Gasteiger partial charge in [-0.1, -0.05) is 29.8 Å². The van der Waals surface area contributed by atoms with Gasteiger partial charge in [0.15, 0.2) is 17.3 Å². The summed E-state index contributed by atoms with van der Waals surface area (Å²) >= 11 is 6.14. The third-order valence-corrected chi connectivity index (χ3v) is 4.49. The molecular formula is C20H18ClN3O5. The van der Waals surface area contributed by atoms with Crippen molar-refractivity contribution in [2.45, 2.75) is 19.4 Å². The van der Waals surface area contributed by atoms with Gasteiger partial charge in [0.05, 0.1) is 13.5 Å². The zero-order valence-corrected chi connectivity index (χ0v) is 16.3. The summed E-state index contributed by atoms with van der Waals surface area (Å²) in [5.74, 6) is 0.189. The lowest BCUT2D eigenvalue weighted by atomic mass is 10.2. The van der Waals surface area contributed by atoms with Crippen LogP contribution in [0.15, 0.2) is 47.3 Å². The summed E-state index contributed by atoms with van der Waals surface area (Å²) in [7, 11) is 1.50. The highest BCUT2D eigenvalue weighted by Gasteiger charge is 2.12. The smallest absolute Gasteiger partial charge is 0.303 e. The van der Waals surface area contributed by atoms with Crippen molar-refractivity contribution >= 4 is 17.6 Å². The molecule has 2 aromatic carbocycles. The Balaban J connectivity index is 1.79. The van der Waals surface area contributed by atoms with E-state index in [-0.39, 0.29) is 31.0 Å². The van der Waals surface area contributed by atoms with Gasteiger partial charge in [-0.25, -0.2) is 0 Å². The molecule has 0 aliphatic carbocycles. The van der Waals surface area contributed by atoms with Crippen LogP contribution in [0.1, 0.15) is 17.7 Å². The molecule has 29 heavy (non-hydrogen) atoms. The van der Waals surface area contributed by atoms with Crippen LogP contribution in [0.5, 0.6) is 11.5 Å². The second-order valence-electron chi connectivity index (χ2n) is 6.09. The monoisotopic (exact) mass is 415 g/mol. The number of aliphatic carboxylic acids is 1. The maximum Gasteiger partial charge on any atom is 0.303 e. The number of benzene rings is 2. The Morgan fingerprint density at radius 3 is 2.66 bits per heavy atom. The third kappa shape index (κ3) is 5.11. The van der Waals surface area contributed by atoms with Crippen LogP contribution in [0.4, 0.5) is 0 Å². The normalized spacial score (nSPS) is 10.6. The van der Waals surface area contributed by atoms with Crippen LogP contribution in [-0.4, -0.2) is 33.4 Å². The van der Waals surface area contributed by atoms with Gasteiger partial charge in [-0.3, -0.25) is 9.59 Å². The van der Waals surface area contributed by atoms with Crippen molar-refractivity contribution in [1.29, 1.82) is 0 Å². The van der Waals surface area contributed by atoms with Crippen LogP contribution in [0.2, 0.25) is 5.02 Å². The highest BCUT2D eigenvalue weighted by atomic mass is 35.5. The molecule has 3 aromatic rings. The van der Waals surface area contributed by atoms with E-state index in [1.165, 1.54) is 7.11 Å². The molecule has 3 rings (SSSR count). The number of ether oxygens (including phenoxy) is 2. The largest absolute Gasteiger partial charge is 0.493 e. The van der Waals surface area contributed by atoms with E-state index in [4.69, 9.17) is 26.2 Å². The van der Waals surface area contributed by atoms with Gasteiger partial charge in [-0.15, -0.1) is 10.2 Å². The maximum absolute atomic E-state index is 12.1. The highest BCUT2D eigenvalue weighted by molar-refractivity contribution is 6.31. The summed E-state index contributed by atoms with van der Waals surface area (Å²) in [5, 5.41) is 17.2. The first-order chi connectivity index (χ1) is 14.0. The molecule has 1 heterocycles. The lowest BCUT2D eigenvalue weighted by molar-refractivity contribution is -0.136. The van der Waals surface area contributed by atoms with Gasteiger partial charge in [0.1, 0.15) is 12.3 Å². The third-order valence-electron chi connectivity index (χ3n) is 4.12. The lowest BCUT2D eigenvalue weighted by Crippen LogP contribution is -2.18. The number of aromatic nitrogens is 3. The molecule has 0 amide bonds. The molecular weight excluding hydrogens is 398 g/mol. The van der Waals surface area contributed by atoms with E-state index in [0.29, 0.717) is 22.1 Å². The highest BCUT2D eigenvalue weighted by Crippen LogP contribution is 2.32. The van der Waals surface area contributed by atoms with Crippen LogP contribution in [0, 0.1) is 0 Å². The minimum absolute atomic E-state index is 0.0100. The minimum atomic E-state index is -1.01. The van der Waals surface area contributed by atoms with Crippen molar-refractivity contribution < 1.29 is 19.4 Å². The van der Waals surface area contributed by atoms with E-state index in [9.17, 15) is 9.59 Å². The van der Waals surface area contributed by atoms with Gasteiger partial charge in [0, 0.05) is 22.6 Å². The number of carboxylic acid groups (broad SMARTS) is 1. The summed E-state index contributed by atoms with van der Waals surface area (Å²) in [6, 6.07) is 12.4. The van der Waals surface area contributed by atoms with Crippen molar-refractivity contribution in [3.63, 3.8) is 0 Å². The molecule has 150 valence electrons. The van der Waals surface area contributed by atoms with Crippen molar-refractivity contribution in [2.75, 3.05) is 7.11 Å². The van der Waals surface area contributed by atoms with Crippen LogP contribution in [0.3, 0.4) is 0 Å². The molecule has 0 unspecified atom stereocenters. The van der Waals surface area contributed by atoms with Gasteiger partial charge < -0.3 is 19.6 Å². The number of hydrogen-bond acceptors (Lipinski definition) is 6. The molecule has 8 nitrogen and oxygen atoms in total. The molecule has 0 fully saturated rings. The Hall–Kier alpha value is -3.39. The second kappa shape index (κ2) is 9.20. The summed E-state index contributed by atoms with van der Waals surface area (Å²) in [6.45, 7) is 0.268. The number of methoxy groups -OCH3 is 1. The van der Waals surface area contributed by atoms with Crippen LogP contribution in [0.25, 0.3) is 11.4 Å². The molecule has 0 aliphatic rings. The Labute approximate surface area is 171 Å². The maximum atomic E-state index is 12.1. The van der Waals surface area contributed by atoms with Gasteiger partial charge in [0.25, 0.3) is 5.56 Å². The van der Waals surface area contributed by atoms with Gasteiger partial charge in [-0.2, -0.15) is 0 Å². The number of aromatic amines is 1. The first kappa shape index (κ1) is 20.3. The SMILES string of the molecule is COc1cc(-c2nnc(CCC(=O)O)c(=O)[nH]2)ccc1OCc1ccccc1Cl. The molecule has 9 heteroatoms. The summed E-state index contributed by atoms with van der Waals surface area (Å²) in [6.07, 6.45) is -0.182. The Kier molecular flexibility index (Phi) is 6.46. The topological polar surface area (TPSA) is 114 Å². The van der Waals surface area contributed by atoms with Crippen molar-refractivity contribution in [1.82, 2.24) is 15.2 Å². The van der Waals surface area contributed by atoms with E-state index in [0.717, 1.165) is 5.56 Å². The summed E-state index contributed by atoms with van der Waals surface area (Å²) in [4.78, 5) is 25.4. The summed E-state index contributed by atoms with van der Waals surface area (Å²) in [5.41, 5.74) is 1.01. The van der Waals surface area contributed by atoms with Crippen molar-refractivity contribution in [3.05, 3.63) is 69.1 Å². The fraction of sp³-hybridized carbons (Fsp3) is 0.200. The fourth-order valence-electron chi connectivity index (χ4n) is 2.58. The average Bonchev–Trinajstić information content (AvgIpc) is 2.72. The zero-order valence-electron chi connectivity index (χ0n) is 15.5. The molecule has 0 spiro atoms. The molecule has 0 saturated heterocycles. The fourth-order valence-corrected chi connectivity index (χ4v) is 2.77. The standard InChI is InChI=1S/C20H18ClN3O5/c1-28-17-10-12(19-22-20(27)15(23-24-19)7-9-18(25)26)6-8-16(17)29-11-13-4-2-3-5-14(13)21/h2-6,8,10H,7,9,11H2,1H3,(H,25,26)(H,22,24,27). The van der Waals surface area contributed by atoms with E-state index in [2.05, 4.69) is 15.2 Å². The number of carbonyl (C=O) groups is 1.